The third-order valence-corrected chi connectivity index (χ3v) is 4.55. The Hall–Kier alpha value is -0.0800. The second-order valence-corrected chi connectivity index (χ2v) is 7.53. The normalized spacial score (nSPS) is 28.1. The molecule has 1 fully saturated rings. The van der Waals surface area contributed by atoms with E-state index in [4.69, 9.17) is 4.74 Å². The van der Waals surface area contributed by atoms with Crippen molar-refractivity contribution < 1.29 is 4.74 Å². The minimum absolute atomic E-state index is 0.195. The molecular formula is C17H35NO. The van der Waals surface area contributed by atoms with Crippen molar-refractivity contribution in [1.82, 2.24) is 5.32 Å². The van der Waals surface area contributed by atoms with Crippen LogP contribution in [0.3, 0.4) is 0 Å². The molecule has 2 nitrogen and oxygen atoms in total. The highest BCUT2D eigenvalue weighted by molar-refractivity contribution is 4.92. The van der Waals surface area contributed by atoms with Crippen LogP contribution in [-0.2, 0) is 4.74 Å². The lowest BCUT2D eigenvalue weighted by atomic mass is 9.72. The molecule has 1 aliphatic rings. The van der Waals surface area contributed by atoms with Crippen molar-refractivity contribution in [3.8, 4) is 0 Å². The Morgan fingerprint density at radius 1 is 1.26 bits per heavy atom. The molecule has 0 bridgehead atoms. The second kappa shape index (κ2) is 7.64. The maximum Gasteiger partial charge on any atom is 0.0775 e. The molecule has 0 aromatic carbocycles. The summed E-state index contributed by atoms with van der Waals surface area (Å²) < 4.78 is 5.90. The molecule has 1 N–H and O–H groups in total. The van der Waals surface area contributed by atoms with Crippen molar-refractivity contribution in [1.29, 1.82) is 0 Å². The molecule has 1 aliphatic carbocycles. The fourth-order valence-electron chi connectivity index (χ4n) is 3.68. The van der Waals surface area contributed by atoms with E-state index < -0.39 is 0 Å². The van der Waals surface area contributed by atoms with Gasteiger partial charge in [0, 0.05) is 13.2 Å². The van der Waals surface area contributed by atoms with Crippen LogP contribution in [0.5, 0.6) is 0 Å². The summed E-state index contributed by atoms with van der Waals surface area (Å²) in [5, 5.41) is 3.79. The Labute approximate surface area is 120 Å². The van der Waals surface area contributed by atoms with E-state index >= 15 is 0 Å². The highest BCUT2D eigenvalue weighted by Crippen LogP contribution is 2.36. The zero-order chi connectivity index (χ0) is 14.5. The van der Waals surface area contributed by atoms with Gasteiger partial charge in [-0.1, -0.05) is 47.5 Å². The maximum atomic E-state index is 5.90. The summed E-state index contributed by atoms with van der Waals surface area (Å²) in [4.78, 5) is 0. The molecule has 0 aromatic rings. The van der Waals surface area contributed by atoms with Crippen molar-refractivity contribution in [3.63, 3.8) is 0 Å². The van der Waals surface area contributed by atoms with Crippen LogP contribution < -0.4 is 5.32 Å². The minimum atomic E-state index is 0.195. The van der Waals surface area contributed by atoms with Gasteiger partial charge in [0.15, 0.2) is 0 Å². The predicted molar refractivity (Wildman–Crippen MR) is 83.5 cm³/mol. The van der Waals surface area contributed by atoms with Crippen molar-refractivity contribution in [2.75, 3.05) is 13.7 Å². The first-order valence-corrected chi connectivity index (χ1v) is 8.16. The third-order valence-electron chi connectivity index (χ3n) is 4.55. The van der Waals surface area contributed by atoms with Gasteiger partial charge in [0.25, 0.3) is 0 Å². The first-order chi connectivity index (χ1) is 8.90. The molecule has 1 saturated carbocycles. The lowest BCUT2D eigenvalue weighted by molar-refractivity contribution is -0.0334. The van der Waals surface area contributed by atoms with E-state index in [1.165, 1.54) is 32.1 Å². The predicted octanol–water partition coefficient (Wildman–Crippen LogP) is 4.24. The fourth-order valence-corrected chi connectivity index (χ4v) is 3.68. The smallest absolute Gasteiger partial charge is 0.0775 e. The Kier molecular flexibility index (Phi) is 6.82. The van der Waals surface area contributed by atoms with E-state index in [1.807, 2.05) is 7.11 Å². The van der Waals surface area contributed by atoms with Gasteiger partial charge in [0.1, 0.15) is 0 Å². The Morgan fingerprint density at radius 2 is 1.95 bits per heavy atom. The number of rotatable bonds is 6. The highest BCUT2D eigenvalue weighted by Gasteiger charge is 2.38. The van der Waals surface area contributed by atoms with Crippen LogP contribution in [0.15, 0.2) is 0 Å². The van der Waals surface area contributed by atoms with Crippen molar-refractivity contribution in [2.45, 2.75) is 78.9 Å². The van der Waals surface area contributed by atoms with Crippen LogP contribution in [0.4, 0.5) is 0 Å². The molecule has 4 atom stereocenters. The van der Waals surface area contributed by atoms with Crippen LogP contribution in [0.1, 0.15) is 66.7 Å². The van der Waals surface area contributed by atoms with Gasteiger partial charge in [0.05, 0.1) is 6.10 Å². The van der Waals surface area contributed by atoms with Crippen LogP contribution >= 0.6 is 0 Å². The summed E-state index contributed by atoms with van der Waals surface area (Å²) in [5.74, 6) is 1.65. The van der Waals surface area contributed by atoms with Gasteiger partial charge in [-0.05, 0) is 43.1 Å². The van der Waals surface area contributed by atoms with Crippen LogP contribution in [0.25, 0.3) is 0 Å². The number of methoxy groups -OCH3 is 1. The van der Waals surface area contributed by atoms with E-state index in [0.29, 0.717) is 12.1 Å². The maximum absolute atomic E-state index is 5.90. The summed E-state index contributed by atoms with van der Waals surface area (Å²) in [6.45, 7) is 12.6. The van der Waals surface area contributed by atoms with Gasteiger partial charge in [-0.25, -0.2) is 0 Å². The molecule has 0 aromatic heterocycles. The summed E-state index contributed by atoms with van der Waals surface area (Å²) in [6, 6.07) is 0.507. The lowest BCUT2D eigenvalue weighted by Crippen LogP contribution is -2.52. The minimum Gasteiger partial charge on any atom is -0.379 e. The molecule has 0 saturated heterocycles. The summed E-state index contributed by atoms with van der Waals surface area (Å²) >= 11 is 0. The largest absolute Gasteiger partial charge is 0.379 e. The number of hydrogen-bond donors (Lipinski definition) is 1. The molecule has 0 radical (unpaired) electrons. The van der Waals surface area contributed by atoms with Crippen LogP contribution in [0, 0.1) is 17.3 Å². The number of ether oxygens (including phenoxy) is 1. The number of nitrogens with one attached hydrogen (secondary N) is 1. The first-order valence-electron chi connectivity index (χ1n) is 8.16. The van der Waals surface area contributed by atoms with E-state index in [0.717, 1.165) is 18.4 Å². The van der Waals surface area contributed by atoms with E-state index in [-0.39, 0.29) is 5.41 Å². The Bertz CT molecular complexity index is 246. The number of hydrogen-bond acceptors (Lipinski definition) is 2. The first kappa shape index (κ1) is 17.0. The molecule has 0 amide bonds. The molecule has 1 rings (SSSR count). The zero-order valence-electron chi connectivity index (χ0n) is 14.0. The van der Waals surface area contributed by atoms with Gasteiger partial charge >= 0.3 is 0 Å². The average molecular weight is 269 g/mol. The van der Waals surface area contributed by atoms with Gasteiger partial charge in [0.2, 0.25) is 0 Å². The molecule has 0 aliphatic heterocycles. The topological polar surface area (TPSA) is 21.3 Å². The molecular weight excluding hydrogens is 234 g/mol. The third kappa shape index (κ3) is 5.07. The van der Waals surface area contributed by atoms with Crippen LogP contribution in [-0.4, -0.2) is 25.8 Å². The zero-order valence-corrected chi connectivity index (χ0v) is 14.0. The fraction of sp³-hybridized carbons (Fsp3) is 1.00. The van der Waals surface area contributed by atoms with Gasteiger partial charge in [-0.15, -0.1) is 0 Å². The van der Waals surface area contributed by atoms with E-state index in [2.05, 4.69) is 39.9 Å². The van der Waals surface area contributed by atoms with Crippen LogP contribution in [0.2, 0.25) is 0 Å². The molecule has 0 spiro atoms. The monoisotopic (exact) mass is 269 g/mol. The SMILES string of the molecule is CCCNC(C1CCCC(C)C1)C(OC)C(C)(C)C. The molecule has 0 heterocycles. The highest BCUT2D eigenvalue weighted by atomic mass is 16.5. The molecule has 19 heavy (non-hydrogen) atoms. The lowest BCUT2D eigenvalue weighted by Gasteiger charge is -2.43. The van der Waals surface area contributed by atoms with Gasteiger partial charge < -0.3 is 10.1 Å². The Morgan fingerprint density at radius 3 is 2.42 bits per heavy atom. The summed E-state index contributed by atoms with van der Waals surface area (Å²) in [5.41, 5.74) is 0.195. The van der Waals surface area contributed by atoms with Crippen molar-refractivity contribution in [3.05, 3.63) is 0 Å². The van der Waals surface area contributed by atoms with Gasteiger partial charge in [-0.3, -0.25) is 0 Å². The molecule has 2 heteroatoms. The molecule has 114 valence electrons. The molecule has 4 unspecified atom stereocenters. The van der Waals surface area contributed by atoms with E-state index in [1.54, 1.807) is 0 Å². The summed E-state index contributed by atoms with van der Waals surface area (Å²) in [7, 11) is 1.88. The van der Waals surface area contributed by atoms with E-state index in [9.17, 15) is 0 Å². The van der Waals surface area contributed by atoms with Crippen molar-refractivity contribution >= 4 is 0 Å². The second-order valence-electron chi connectivity index (χ2n) is 7.53. The van der Waals surface area contributed by atoms with Crippen molar-refractivity contribution in [2.24, 2.45) is 17.3 Å². The average Bonchev–Trinajstić information content (AvgIpc) is 2.32. The van der Waals surface area contributed by atoms with Gasteiger partial charge in [-0.2, -0.15) is 0 Å². The Balaban J connectivity index is 2.79. The quantitative estimate of drug-likeness (QED) is 0.778. The summed E-state index contributed by atoms with van der Waals surface area (Å²) in [6.07, 6.45) is 7.01. The standard InChI is InChI=1S/C17H35NO/c1-7-11-18-15(16(19-6)17(3,4)5)14-10-8-9-13(2)12-14/h13-16,18H,7-12H2,1-6H3.